The number of fused-ring (bicyclic) bond motifs is 1. The molecule has 1 aliphatic heterocycles. The van der Waals surface area contributed by atoms with Crippen LogP contribution in [0.1, 0.15) is 25.2 Å². The summed E-state index contributed by atoms with van der Waals surface area (Å²) in [4.78, 5) is 4.71. The van der Waals surface area contributed by atoms with Crippen molar-refractivity contribution in [1.29, 1.82) is 0 Å². The number of methoxy groups -OCH3 is 2. The molecule has 2 aliphatic rings. The molecule has 1 aliphatic carbocycles. The normalized spacial score (nSPS) is 25.2. The first-order valence-corrected chi connectivity index (χ1v) is 8.04. The SMILES string of the molecule is COc1ccc(-c2noc([C@@]34CCC[C@@H]3CNC4)n2)cc1OC.Cl. The van der Waals surface area contributed by atoms with Crippen LogP contribution in [0.4, 0.5) is 0 Å². The summed E-state index contributed by atoms with van der Waals surface area (Å²) in [6, 6.07) is 5.66. The Hall–Kier alpha value is -1.79. The van der Waals surface area contributed by atoms with Crippen LogP contribution in [0.2, 0.25) is 0 Å². The van der Waals surface area contributed by atoms with E-state index >= 15 is 0 Å². The fourth-order valence-electron chi connectivity index (χ4n) is 4.02. The van der Waals surface area contributed by atoms with Crippen molar-refractivity contribution >= 4 is 12.4 Å². The van der Waals surface area contributed by atoms with Gasteiger partial charge >= 0.3 is 0 Å². The van der Waals surface area contributed by atoms with Gasteiger partial charge in [-0.05, 0) is 43.5 Å². The van der Waals surface area contributed by atoms with Gasteiger partial charge in [0.25, 0.3) is 0 Å². The second-order valence-corrected chi connectivity index (χ2v) is 6.37. The fraction of sp³-hybridized carbons (Fsp3) is 0.529. The maximum atomic E-state index is 5.66. The van der Waals surface area contributed by atoms with E-state index in [2.05, 4.69) is 10.5 Å². The molecule has 7 heteroatoms. The zero-order chi connectivity index (χ0) is 15.9. The van der Waals surface area contributed by atoms with E-state index in [4.69, 9.17) is 19.0 Å². The zero-order valence-corrected chi connectivity index (χ0v) is 14.7. The lowest BCUT2D eigenvalue weighted by molar-refractivity contribution is 0.265. The molecule has 1 saturated heterocycles. The van der Waals surface area contributed by atoms with Gasteiger partial charge in [-0.1, -0.05) is 11.6 Å². The molecule has 2 aromatic rings. The van der Waals surface area contributed by atoms with Crippen molar-refractivity contribution in [1.82, 2.24) is 15.5 Å². The van der Waals surface area contributed by atoms with Gasteiger partial charge in [0.1, 0.15) is 0 Å². The van der Waals surface area contributed by atoms with Crippen LogP contribution in [0.5, 0.6) is 11.5 Å². The second kappa shape index (κ2) is 6.61. The predicted octanol–water partition coefficient (Wildman–Crippen LogP) is 2.82. The number of rotatable bonds is 4. The average molecular weight is 352 g/mol. The Labute approximate surface area is 147 Å². The van der Waals surface area contributed by atoms with Crippen LogP contribution in [-0.4, -0.2) is 37.4 Å². The van der Waals surface area contributed by atoms with E-state index in [1.807, 2.05) is 18.2 Å². The van der Waals surface area contributed by atoms with Gasteiger partial charge in [-0.15, -0.1) is 12.4 Å². The third-order valence-electron chi connectivity index (χ3n) is 5.28. The molecule has 2 fully saturated rings. The summed E-state index contributed by atoms with van der Waals surface area (Å²) in [6.45, 7) is 1.99. The molecule has 24 heavy (non-hydrogen) atoms. The van der Waals surface area contributed by atoms with E-state index in [-0.39, 0.29) is 17.8 Å². The van der Waals surface area contributed by atoms with Crippen molar-refractivity contribution in [3.8, 4) is 22.9 Å². The maximum absolute atomic E-state index is 5.66. The van der Waals surface area contributed by atoms with Crippen molar-refractivity contribution in [2.75, 3.05) is 27.3 Å². The number of nitrogens with zero attached hydrogens (tertiary/aromatic N) is 2. The summed E-state index contributed by atoms with van der Waals surface area (Å²) >= 11 is 0. The summed E-state index contributed by atoms with van der Waals surface area (Å²) in [5.41, 5.74) is 0.900. The molecule has 1 saturated carbocycles. The molecular weight excluding hydrogens is 330 g/mol. The standard InChI is InChI=1S/C17H21N3O3.ClH/c1-21-13-6-5-11(8-14(13)22-2)15-19-16(23-20-15)17-7-3-4-12(17)9-18-10-17;/h5-6,8,12,18H,3-4,7,9-10H2,1-2H3;1H/t12-,17-;/m1./s1. The molecule has 1 aromatic carbocycles. The molecule has 1 aromatic heterocycles. The monoisotopic (exact) mass is 351 g/mol. The highest BCUT2D eigenvalue weighted by Gasteiger charge is 2.51. The predicted molar refractivity (Wildman–Crippen MR) is 92.0 cm³/mol. The third-order valence-corrected chi connectivity index (χ3v) is 5.28. The van der Waals surface area contributed by atoms with Crippen molar-refractivity contribution < 1.29 is 14.0 Å². The van der Waals surface area contributed by atoms with Crippen molar-refractivity contribution in [3.05, 3.63) is 24.1 Å². The van der Waals surface area contributed by atoms with Crippen molar-refractivity contribution in [2.24, 2.45) is 5.92 Å². The first-order valence-electron chi connectivity index (χ1n) is 8.04. The van der Waals surface area contributed by atoms with E-state index in [1.165, 1.54) is 12.8 Å². The third kappa shape index (κ3) is 2.54. The Bertz CT molecular complexity index is 709. The topological polar surface area (TPSA) is 69.4 Å². The molecule has 0 radical (unpaired) electrons. The molecule has 2 heterocycles. The second-order valence-electron chi connectivity index (χ2n) is 6.37. The van der Waals surface area contributed by atoms with Gasteiger partial charge in [-0.2, -0.15) is 4.98 Å². The molecule has 0 unspecified atom stereocenters. The highest BCUT2D eigenvalue weighted by Crippen LogP contribution is 2.47. The van der Waals surface area contributed by atoms with Gasteiger partial charge in [-0.3, -0.25) is 0 Å². The van der Waals surface area contributed by atoms with Gasteiger partial charge < -0.3 is 19.3 Å². The number of halogens is 1. The lowest BCUT2D eigenvalue weighted by Crippen LogP contribution is -2.31. The number of nitrogens with one attached hydrogen (secondary N) is 1. The van der Waals surface area contributed by atoms with Crippen LogP contribution < -0.4 is 14.8 Å². The molecule has 0 spiro atoms. The number of ether oxygens (including phenoxy) is 2. The van der Waals surface area contributed by atoms with Crippen LogP contribution in [0, 0.1) is 5.92 Å². The number of benzene rings is 1. The number of aromatic nitrogens is 2. The van der Waals surface area contributed by atoms with Gasteiger partial charge in [0.15, 0.2) is 11.5 Å². The van der Waals surface area contributed by atoms with Gasteiger partial charge in [0.2, 0.25) is 11.7 Å². The minimum atomic E-state index is 0. The van der Waals surface area contributed by atoms with Crippen LogP contribution in [0.25, 0.3) is 11.4 Å². The number of hydrogen-bond donors (Lipinski definition) is 1. The Kier molecular flexibility index (Phi) is 4.69. The van der Waals surface area contributed by atoms with Gasteiger partial charge in [-0.25, -0.2) is 0 Å². The lowest BCUT2D eigenvalue weighted by Gasteiger charge is -2.22. The van der Waals surface area contributed by atoms with Gasteiger partial charge in [0, 0.05) is 12.1 Å². The van der Waals surface area contributed by atoms with Crippen LogP contribution >= 0.6 is 12.4 Å². The number of hydrogen-bond acceptors (Lipinski definition) is 6. The van der Waals surface area contributed by atoms with E-state index in [0.717, 1.165) is 31.0 Å². The smallest absolute Gasteiger partial charge is 0.234 e. The summed E-state index contributed by atoms with van der Waals surface area (Å²) < 4.78 is 16.3. The van der Waals surface area contributed by atoms with E-state index in [1.54, 1.807) is 14.2 Å². The van der Waals surface area contributed by atoms with E-state index in [0.29, 0.717) is 23.2 Å². The van der Waals surface area contributed by atoms with E-state index < -0.39 is 0 Å². The average Bonchev–Trinajstić information content (AvgIpc) is 3.28. The molecule has 1 N–H and O–H groups in total. The van der Waals surface area contributed by atoms with Crippen molar-refractivity contribution in [3.63, 3.8) is 0 Å². The fourth-order valence-corrected chi connectivity index (χ4v) is 4.02. The zero-order valence-electron chi connectivity index (χ0n) is 13.9. The summed E-state index contributed by atoms with van der Waals surface area (Å²) in [5, 5.41) is 7.69. The maximum Gasteiger partial charge on any atom is 0.234 e. The summed E-state index contributed by atoms with van der Waals surface area (Å²) in [5.74, 6) is 3.34. The molecule has 2 atom stereocenters. The minimum absolute atomic E-state index is 0. The minimum Gasteiger partial charge on any atom is -0.493 e. The van der Waals surface area contributed by atoms with Gasteiger partial charge in [0.05, 0.1) is 19.6 Å². The quantitative estimate of drug-likeness (QED) is 0.913. The van der Waals surface area contributed by atoms with E-state index in [9.17, 15) is 0 Å². The van der Waals surface area contributed by atoms with Crippen LogP contribution in [0.3, 0.4) is 0 Å². The van der Waals surface area contributed by atoms with Crippen LogP contribution in [0.15, 0.2) is 22.7 Å². The molecule has 0 bridgehead atoms. The summed E-state index contributed by atoms with van der Waals surface area (Å²) in [7, 11) is 3.24. The Balaban J connectivity index is 0.00000169. The molecule has 4 rings (SSSR count). The summed E-state index contributed by atoms with van der Waals surface area (Å²) in [6.07, 6.45) is 3.60. The first-order chi connectivity index (χ1) is 11.3. The highest BCUT2D eigenvalue weighted by molar-refractivity contribution is 5.85. The molecule has 130 valence electrons. The Morgan fingerprint density at radius 1 is 1.25 bits per heavy atom. The lowest BCUT2D eigenvalue weighted by atomic mass is 9.80. The molecular formula is C17H22ClN3O3. The van der Waals surface area contributed by atoms with Crippen molar-refractivity contribution in [2.45, 2.75) is 24.7 Å². The first kappa shape index (κ1) is 17.0. The Morgan fingerprint density at radius 2 is 2.08 bits per heavy atom. The van der Waals surface area contributed by atoms with Crippen LogP contribution in [-0.2, 0) is 5.41 Å². The molecule has 6 nitrogen and oxygen atoms in total. The largest absolute Gasteiger partial charge is 0.493 e. The highest BCUT2D eigenvalue weighted by atomic mass is 35.5. The molecule has 0 amide bonds. The Morgan fingerprint density at radius 3 is 2.88 bits per heavy atom.